The Kier molecular flexibility index (Phi) is 4.95. The number of nitrogens with one attached hydrogen (secondary N) is 2. The summed E-state index contributed by atoms with van der Waals surface area (Å²) in [6.07, 6.45) is 7.57. The van der Waals surface area contributed by atoms with Crippen LogP contribution in [0.2, 0.25) is 0 Å². The Morgan fingerprint density at radius 2 is 2.09 bits per heavy atom. The highest BCUT2D eigenvalue weighted by molar-refractivity contribution is 5.87. The summed E-state index contributed by atoms with van der Waals surface area (Å²) in [5.41, 5.74) is 0.852. The van der Waals surface area contributed by atoms with Gasteiger partial charge in [-0.15, -0.1) is 0 Å². The Labute approximate surface area is 136 Å². The van der Waals surface area contributed by atoms with Crippen LogP contribution in [0.15, 0.2) is 12.5 Å². The van der Waals surface area contributed by atoms with Gasteiger partial charge < -0.3 is 15.2 Å². The van der Waals surface area contributed by atoms with Crippen molar-refractivity contribution in [3.8, 4) is 0 Å². The molecule has 0 aliphatic carbocycles. The van der Waals surface area contributed by atoms with Crippen LogP contribution in [0, 0.1) is 0 Å². The molecule has 3 rings (SSSR count). The third-order valence-corrected chi connectivity index (χ3v) is 4.74. The molecular weight excluding hydrogens is 294 g/mol. The second-order valence-electron chi connectivity index (χ2n) is 6.53. The van der Waals surface area contributed by atoms with Crippen molar-refractivity contribution in [2.45, 2.75) is 44.7 Å². The molecule has 1 atom stereocenters. The molecule has 0 spiro atoms. The van der Waals surface area contributed by atoms with Crippen LogP contribution in [0.5, 0.6) is 0 Å². The lowest BCUT2D eigenvalue weighted by Gasteiger charge is -2.47. The van der Waals surface area contributed by atoms with E-state index in [1.165, 1.54) is 26.2 Å². The molecule has 0 bridgehead atoms. The molecular formula is C16H25N5O2. The van der Waals surface area contributed by atoms with E-state index in [2.05, 4.69) is 20.2 Å². The van der Waals surface area contributed by atoms with Gasteiger partial charge in [0.15, 0.2) is 0 Å². The van der Waals surface area contributed by atoms with Gasteiger partial charge in [0.2, 0.25) is 11.8 Å². The Balaban J connectivity index is 1.55. The largest absolute Gasteiger partial charge is 0.348 e. The minimum Gasteiger partial charge on any atom is -0.348 e. The molecule has 3 heterocycles. The van der Waals surface area contributed by atoms with Crippen molar-refractivity contribution in [1.82, 2.24) is 25.1 Å². The number of piperidine rings is 1. The van der Waals surface area contributed by atoms with Gasteiger partial charge in [-0.3, -0.25) is 14.5 Å². The predicted octanol–water partition coefficient (Wildman–Crippen LogP) is 0.154. The van der Waals surface area contributed by atoms with Gasteiger partial charge in [0.05, 0.1) is 6.33 Å². The maximum absolute atomic E-state index is 12.7. The summed E-state index contributed by atoms with van der Waals surface area (Å²) in [5, 5.41) is 2.77. The van der Waals surface area contributed by atoms with Gasteiger partial charge in [-0.05, 0) is 25.9 Å². The van der Waals surface area contributed by atoms with Gasteiger partial charge in [0.25, 0.3) is 0 Å². The van der Waals surface area contributed by atoms with Crippen molar-refractivity contribution in [2.24, 2.45) is 0 Å². The topological polar surface area (TPSA) is 81.3 Å². The van der Waals surface area contributed by atoms with E-state index in [0.717, 1.165) is 31.9 Å². The van der Waals surface area contributed by atoms with Crippen LogP contribution in [0.1, 0.15) is 31.9 Å². The Bertz CT molecular complexity index is 533. The molecule has 0 radical (unpaired) electrons. The van der Waals surface area contributed by atoms with E-state index in [4.69, 9.17) is 0 Å². The molecule has 1 aromatic heterocycles. The van der Waals surface area contributed by atoms with Gasteiger partial charge in [-0.2, -0.15) is 0 Å². The zero-order chi connectivity index (χ0) is 16.2. The summed E-state index contributed by atoms with van der Waals surface area (Å²) in [5.74, 6) is -0.181. The van der Waals surface area contributed by atoms with E-state index in [1.807, 2.05) is 4.90 Å². The first-order chi connectivity index (χ1) is 11.1. The number of imidazole rings is 1. The summed E-state index contributed by atoms with van der Waals surface area (Å²) < 4.78 is 0. The lowest BCUT2D eigenvalue weighted by molar-refractivity contribution is -0.143. The summed E-state index contributed by atoms with van der Waals surface area (Å²) in [6.45, 7) is 5.29. The lowest BCUT2D eigenvalue weighted by atomic mass is 10.0. The average Bonchev–Trinajstić information content (AvgIpc) is 2.98. The van der Waals surface area contributed by atoms with Crippen molar-refractivity contribution in [1.29, 1.82) is 0 Å². The molecule has 0 aromatic carbocycles. The molecule has 2 fully saturated rings. The molecule has 2 aliphatic rings. The lowest BCUT2D eigenvalue weighted by Crippen LogP contribution is -2.65. The number of H-pyrrole nitrogens is 1. The highest BCUT2D eigenvalue weighted by atomic mass is 16.2. The highest BCUT2D eigenvalue weighted by Gasteiger charge is 2.38. The van der Waals surface area contributed by atoms with E-state index in [9.17, 15) is 9.59 Å². The summed E-state index contributed by atoms with van der Waals surface area (Å²) in [4.78, 5) is 35.4. The normalized spacial score (nSPS) is 20.8. The first-order valence-electron chi connectivity index (χ1n) is 8.40. The first-order valence-corrected chi connectivity index (χ1v) is 8.40. The molecule has 23 heavy (non-hydrogen) atoms. The first kappa shape index (κ1) is 16.0. The van der Waals surface area contributed by atoms with Gasteiger partial charge in [-0.1, -0.05) is 6.42 Å². The summed E-state index contributed by atoms with van der Waals surface area (Å²) in [6, 6.07) is -0.0281. The fourth-order valence-electron chi connectivity index (χ4n) is 3.43. The summed E-state index contributed by atoms with van der Waals surface area (Å²) in [7, 11) is 0. The van der Waals surface area contributed by atoms with Crippen molar-refractivity contribution in [2.75, 3.05) is 26.2 Å². The van der Waals surface area contributed by atoms with Gasteiger partial charge in [0.1, 0.15) is 6.04 Å². The maximum atomic E-state index is 12.7. The van der Waals surface area contributed by atoms with Gasteiger partial charge in [-0.25, -0.2) is 4.98 Å². The minimum absolute atomic E-state index is 0.00283. The smallest absolute Gasteiger partial charge is 0.245 e. The van der Waals surface area contributed by atoms with Crippen LogP contribution in [0.4, 0.5) is 0 Å². The number of hydrogen-bond acceptors (Lipinski definition) is 4. The molecule has 7 heteroatoms. The standard InChI is InChI=1S/C16H25N5O2/c1-12(22)19-15(7-13-8-17-11-18-13)16(23)21-9-14(10-21)20-5-3-2-4-6-20/h8,11,14-15H,2-7,9-10H2,1H3,(H,17,18)(H,19,22)/t15-/m0/s1. The van der Waals surface area contributed by atoms with E-state index >= 15 is 0 Å². The van der Waals surface area contributed by atoms with Crippen LogP contribution >= 0.6 is 0 Å². The second kappa shape index (κ2) is 7.12. The fourth-order valence-corrected chi connectivity index (χ4v) is 3.43. The highest BCUT2D eigenvalue weighted by Crippen LogP contribution is 2.21. The van der Waals surface area contributed by atoms with Crippen LogP contribution in [-0.4, -0.2) is 69.8 Å². The van der Waals surface area contributed by atoms with Gasteiger partial charge >= 0.3 is 0 Å². The monoisotopic (exact) mass is 319 g/mol. The number of likely N-dealkylation sites (tertiary alicyclic amines) is 2. The third kappa shape index (κ3) is 3.90. The Morgan fingerprint density at radius 1 is 1.35 bits per heavy atom. The predicted molar refractivity (Wildman–Crippen MR) is 85.7 cm³/mol. The van der Waals surface area contributed by atoms with Crippen molar-refractivity contribution < 1.29 is 9.59 Å². The molecule has 2 amide bonds. The molecule has 0 saturated carbocycles. The molecule has 2 N–H and O–H groups in total. The van der Waals surface area contributed by atoms with Crippen molar-refractivity contribution in [3.05, 3.63) is 18.2 Å². The Morgan fingerprint density at radius 3 is 2.70 bits per heavy atom. The van der Waals surface area contributed by atoms with E-state index in [1.54, 1.807) is 12.5 Å². The quantitative estimate of drug-likeness (QED) is 0.810. The molecule has 2 saturated heterocycles. The third-order valence-electron chi connectivity index (χ3n) is 4.74. The molecule has 0 unspecified atom stereocenters. The number of aromatic amines is 1. The zero-order valence-corrected chi connectivity index (χ0v) is 13.6. The minimum atomic E-state index is -0.518. The zero-order valence-electron chi connectivity index (χ0n) is 13.6. The van der Waals surface area contributed by atoms with Gasteiger partial charge in [0, 0.05) is 44.4 Å². The molecule has 1 aromatic rings. The second-order valence-corrected chi connectivity index (χ2v) is 6.53. The number of carbonyl (C=O) groups is 2. The van der Waals surface area contributed by atoms with E-state index in [0.29, 0.717) is 12.5 Å². The number of carbonyl (C=O) groups excluding carboxylic acids is 2. The van der Waals surface area contributed by atoms with Crippen molar-refractivity contribution >= 4 is 11.8 Å². The van der Waals surface area contributed by atoms with Crippen LogP contribution in [0.25, 0.3) is 0 Å². The number of aromatic nitrogens is 2. The number of nitrogens with zero attached hydrogens (tertiary/aromatic N) is 3. The molecule has 2 aliphatic heterocycles. The average molecular weight is 319 g/mol. The van der Waals surface area contributed by atoms with E-state index in [-0.39, 0.29) is 11.8 Å². The van der Waals surface area contributed by atoms with Crippen LogP contribution in [-0.2, 0) is 16.0 Å². The van der Waals surface area contributed by atoms with Crippen LogP contribution < -0.4 is 5.32 Å². The summed E-state index contributed by atoms with van der Waals surface area (Å²) >= 11 is 0. The Hall–Kier alpha value is -1.89. The number of hydrogen-bond donors (Lipinski definition) is 2. The number of amides is 2. The molecule has 7 nitrogen and oxygen atoms in total. The molecule has 126 valence electrons. The SMILES string of the molecule is CC(=O)N[C@@H](Cc1cnc[nH]1)C(=O)N1CC(N2CCCCC2)C1. The van der Waals surface area contributed by atoms with E-state index < -0.39 is 6.04 Å². The number of rotatable bonds is 5. The maximum Gasteiger partial charge on any atom is 0.245 e. The fraction of sp³-hybridized carbons (Fsp3) is 0.688. The van der Waals surface area contributed by atoms with Crippen molar-refractivity contribution in [3.63, 3.8) is 0 Å². The van der Waals surface area contributed by atoms with Crippen LogP contribution in [0.3, 0.4) is 0 Å².